The van der Waals surface area contributed by atoms with E-state index in [-0.39, 0.29) is 24.0 Å². The molecule has 1 aromatic rings. The molecule has 0 saturated carbocycles. The molecule has 0 aromatic heterocycles. The Kier molecular flexibility index (Phi) is 10.3. The van der Waals surface area contributed by atoms with Gasteiger partial charge in [-0.25, -0.2) is 4.99 Å². The highest BCUT2D eigenvalue weighted by molar-refractivity contribution is 14.0. The number of guanidine groups is 1. The molecule has 1 aliphatic rings. The summed E-state index contributed by atoms with van der Waals surface area (Å²) in [6.07, 6.45) is 2.62. The second-order valence-corrected chi connectivity index (χ2v) is 6.22. The van der Waals surface area contributed by atoms with Gasteiger partial charge >= 0.3 is 0 Å². The number of hydrogen-bond donors (Lipinski definition) is 2. The lowest BCUT2D eigenvalue weighted by Gasteiger charge is -2.16. The fourth-order valence-corrected chi connectivity index (χ4v) is 2.73. The van der Waals surface area contributed by atoms with Crippen LogP contribution in [-0.2, 0) is 17.8 Å². The SMILES string of the molecule is CCNC(=NCc1ccccc1CN(C)C)NCC1CCCO1.I. The molecule has 5 nitrogen and oxygen atoms in total. The number of benzene rings is 1. The van der Waals surface area contributed by atoms with E-state index in [1.165, 1.54) is 11.1 Å². The molecule has 1 unspecified atom stereocenters. The van der Waals surface area contributed by atoms with Crippen molar-refractivity contribution in [2.75, 3.05) is 33.8 Å². The van der Waals surface area contributed by atoms with E-state index in [1.807, 2.05) is 0 Å². The number of rotatable bonds is 7. The van der Waals surface area contributed by atoms with Crippen molar-refractivity contribution < 1.29 is 4.74 Å². The number of nitrogens with one attached hydrogen (secondary N) is 2. The van der Waals surface area contributed by atoms with Crippen LogP contribution in [0, 0.1) is 0 Å². The molecule has 2 rings (SSSR count). The molecule has 136 valence electrons. The Morgan fingerprint density at radius 1 is 1.25 bits per heavy atom. The van der Waals surface area contributed by atoms with E-state index in [1.54, 1.807) is 0 Å². The van der Waals surface area contributed by atoms with E-state index in [0.717, 1.165) is 45.0 Å². The third-order valence-electron chi connectivity index (χ3n) is 3.88. The Morgan fingerprint density at radius 3 is 2.62 bits per heavy atom. The highest BCUT2D eigenvalue weighted by atomic mass is 127. The third-order valence-corrected chi connectivity index (χ3v) is 3.88. The average molecular weight is 446 g/mol. The molecule has 0 radical (unpaired) electrons. The first-order chi connectivity index (χ1) is 11.2. The summed E-state index contributed by atoms with van der Waals surface area (Å²) in [6.45, 7) is 6.28. The smallest absolute Gasteiger partial charge is 0.191 e. The molecule has 1 atom stereocenters. The van der Waals surface area contributed by atoms with Crippen LogP contribution in [0.15, 0.2) is 29.3 Å². The van der Waals surface area contributed by atoms with Crippen molar-refractivity contribution in [1.82, 2.24) is 15.5 Å². The van der Waals surface area contributed by atoms with Gasteiger partial charge in [-0.2, -0.15) is 0 Å². The molecular formula is C18H31IN4O. The zero-order valence-electron chi connectivity index (χ0n) is 15.0. The number of ether oxygens (including phenoxy) is 1. The highest BCUT2D eigenvalue weighted by Gasteiger charge is 2.15. The van der Waals surface area contributed by atoms with E-state index in [4.69, 9.17) is 9.73 Å². The topological polar surface area (TPSA) is 48.9 Å². The van der Waals surface area contributed by atoms with Crippen LogP contribution in [0.3, 0.4) is 0 Å². The molecule has 1 aliphatic heterocycles. The second kappa shape index (κ2) is 11.7. The molecule has 2 N–H and O–H groups in total. The molecule has 0 spiro atoms. The summed E-state index contributed by atoms with van der Waals surface area (Å²) in [7, 11) is 4.18. The van der Waals surface area contributed by atoms with E-state index in [0.29, 0.717) is 12.6 Å². The molecule has 0 aliphatic carbocycles. The van der Waals surface area contributed by atoms with E-state index in [2.05, 4.69) is 60.8 Å². The standard InChI is InChI=1S/C18H30N4O.HI/c1-4-19-18(21-13-17-10-7-11-23-17)20-12-15-8-5-6-9-16(15)14-22(2)3;/h5-6,8-9,17H,4,7,10-14H2,1-3H3,(H2,19,20,21);1H. The number of aliphatic imine (C=N–C) groups is 1. The van der Waals surface area contributed by atoms with Crippen molar-refractivity contribution in [3.8, 4) is 0 Å². The van der Waals surface area contributed by atoms with Gasteiger partial charge in [0.2, 0.25) is 0 Å². The maximum absolute atomic E-state index is 5.66. The maximum Gasteiger partial charge on any atom is 0.191 e. The van der Waals surface area contributed by atoms with Gasteiger partial charge in [-0.3, -0.25) is 0 Å². The number of hydrogen-bond acceptors (Lipinski definition) is 3. The minimum absolute atomic E-state index is 0. The normalized spacial score (nSPS) is 17.7. The van der Waals surface area contributed by atoms with Crippen LogP contribution in [0.5, 0.6) is 0 Å². The van der Waals surface area contributed by atoms with Gasteiger partial charge in [0.25, 0.3) is 0 Å². The van der Waals surface area contributed by atoms with Crippen LogP contribution >= 0.6 is 24.0 Å². The monoisotopic (exact) mass is 446 g/mol. The van der Waals surface area contributed by atoms with Crippen LogP contribution in [-0.4, -0.2) is 50.8 Å². The van der Waals surface area contributed by atoms with Gasteiger partial charge in [0, 0.05) is 26.2 Å². The maximum atomic E-state index is 5.66. The van der Waals surface area contributed by atoms with Crippen LogP contribution in [0.1, 0.15) is 30.9 Å². The minimum Gasteiger partial charge on any atom is -0.376 e. The lowest BCUT2D eigenvalue weighted by atomic mass is 10.1. The fraction of sp³-hybridized carbons (Fsp3) is 0.611. The van der Waals surface area contributed by atoms with Gasteiger partial charge in [0.05, 0.1) is 12.6 Å². The van der Waals surface area contributed by atoms with Crippen molar-refractivity contribution in [3.63, 3.8) is 0 Å². The summed E-state index contributed by atoms with van der Waals surface area (Å²) in [5.74, 6) is 0.864. The summed E-state index contributed by atoms with van der Waals surface area (Å²) in [5, 5.41) is 6.71. The predicted molar refractivity (Wildman–Crippen MR) is 111 cm³/mol. The molecule has 1 heterocycles. The molecule has 24 heavy (non-hydrogen) atoms. The van der Waals surface area contributed by atoms with E-state index >= 15 is 0 Å². The predicted octanol–water partition coefficient (Wildman–Crippen LogP) is 2.60. The third kappa shape index (κ3) is 7.36. The fourth-order valence-electron chi connectivity index (χ4n) is 2.73. The van der Waals surface area contributed by atoms with Crippen molar-refractivity contribution in [2.24, 2.45) is 4.99 Å². The van der Waals surface area contributed by atoms with Crippen LogP contribution < -0.4 is 10.6 Å². The van der Waals surface area contributed by atoms with Crippen molar-refractivity contribution in [2.45, 2.75) is 39.0 Å². The van der Waals surface area contributed by atoms with Crippen LogP contribution in [0.25, 0.3) is 0 Å². The minimum atomic E-state index is 0. The molecule has 1 fully saturated rings. The first-order valence-electron chi connectivity index (χ1n) is 8.54. The quantitative estimate of drug-likeness (QED) is 0.384. The zero-order chi connectivity index (χ0) is 16.5. The van der Waals surface area contributed by atoms with Crippen LogP contribution in [0.4, 0.5) is 0 Å². The molecule has 1 aromatic carbocycles. The highest BCUT2D eigenvalue weighted by Crippen LogP contribution is 2.12. The van der Waals surface area contributed by atoms with Gasteiger partial charge in [-0.1, -0.05) is 24.3 Å². The van der Waals surface area contributed by atoms with Crippen molar-refractivity contribution >= 4 is 29.9 Å². The summed E-state index contributed by atoms with van der Waals surface area (Å²) < 4.78 is 5.66. The zero-order valence-corrected chi connectivity index (χ0v) is 17.4. The van der Waals surface area contributed by atoms with Crippen LogP contribution in [0.2, 0.25) is 0 Å². The van der Waals surface area contributed by atoms with Gasteiger partial charge in [0.1, 0.15) is 0 Å². The molecule has 6 heteroatoms. The Hall–Kier alpha value is -0.860. The molecule has 1 saturated heterocycles. The number of nitrogens with zero attached hydrogens (tertiary/aromatic N) is 2. The first kappa shape index (κ1) is 21.2. The van der Waals surface area contributed by atoms with Gasteiger partial charge < -0.3 is 20.3 Å². The van der Waals surface area contributed by atoms with E-state index in [9.17, 15) is 0 Å². The lowest BCUT2D eigenvalue weighted by molar-refractivity contribution is 0.114. The van der Waals surface area contributed by atoms with Crippen molar-refractivity contribution in [3.05, 3.63) is 35.4 Å². The average Bonchev–Trinajstić information content (AvgIpc) is 3.04. The van der Waals surface area contributed by atoms with Crippen molar-refractivity contribution in [1.29, 1.82) is 0 Å². The Bertz CT molecular complexity index is 502. The molecule has 0 amide bonds. The Labute approximate surface area is 163 Å². The largest absolute Gasteiger partial charge is 0.376 e. The Morgan fingerprint density at radius 2 is 2.00 bits per heavy atom. The summed E-state index contributed by atoms with van der Waals surface area (Å²) in [5.41, 5.74) is 2.60. The summed E-state index contributed by atoms with van der Waals surface area (Å²) in [4.78, 5) is 6.92. The van der Waals surface area contributed by atoms with Gasteiger partial charge in [-0.15, -0.1) is 24.0 Å². The Balaban J connectivity index is 0.00000288. The lowest BCUT2D eigenvalue weighted by Crippen LogP contribution is -2.41. The molecule has 0 bridgehead atoms. The second-order valence-electron chi connectivity index (χ2n) is 6.22. The van der Waals surface area contributed by atoms with E-state index < -0.39 is 0 Å². The van der Waals surface area contributed by atoms with Gasteiger partial charge in [0.15, 0.2) is 5.96 Å². The summed E-state index contributed by atoms with van der Waals surface area (Å²) in [6, 6.07) is 8.51. The first-order valence-corrected chi connectivity index (χ1v) is 8.54. The number of halogens is 1. The summed E-state index contributed by atoms with van der Waals surface area (Å²) >= 11 is 0. The van der Waals surface area contributed by atoms with Gasteiger partial charge in [-0.05, 0) is 45.0 Å². The molecular weight excluding hydrogens is 415 g/mol.